The number of phenols is 1. The van der Waals surface area contributed by atoms with E-state index in [1.165, 1.54) is 13.0 Å². The van der Waals surface area contributed by atoms with E-state index in [0.29, 0.717) is 12.0 Å². The Morgan fingerprint density at radius 1 is 1.28 bits per heavy atom. The molecule has 0 bridgehead atoms. The molecule has 160 valence electrons. The van der Waals surface area contributed by atoms with Crippen LogP contribution >= 0.6 is 0 Å². The molecule has 0 radical (unpaired) electrons. The van der Waals surface area contributed by atoms with E-state index >= 15 is 0 Å². The zero-order valence-electron chi connectivity index (χ0n) is 16.7. The van der Waals surface area contributed by atoms with Crippen molar-refractivity contribution in [2.45, 2.75) is 58.0 Å². The highest BCUT2D eigenvalue weighted by molar-refractivity contribution is 5.95. The Bertz CT molecular complexity index is 765. The number of rotatable bonds is 8. The first kappa shape index (κ1) is 22.6. The molecule has 0 aliphatic carbocycles. The van der Waals surface area contributed by atoms with Crippen LogP contribution in [0.1, 0.15) is 43.1 Å². The summed E-state index contributed by atoms with van der Waals surface area (Å²) in [6.45, 7) is 4.85. The van der Waals surface area contributed by atoms with Gasteiger partial charge >= 0.3 is 5.97 Å². The molecule has 4 atom stereocenters. The van der Waals surface area contributed by atoms with Crippen LogP contribution in [0.2, 0.25) is 0 Å². The van der Waals surface area contributed by atoms with Gasteiger partial charge in [0.2, 0.25) is 5.91 Å². The van der Waals surface area contributed by atoms with Gasteiger partial charge in [0, 0.05) is 19.9 Å². The fourth-order valence-corrected chi connectivity index (χ4v) is 3.29. The largest absolute Gasteiger partial charge is 0.507 e. The number of phenolic OH excluding ortho intramolecular Hbond substituents is 1. The van der Waals surface area contributed by atoms with Crippen molar-refractivity contribution in [1.82, 2.24) is 10.6 Å². The number of benzene rings is 1. The number of aliphatic hydroxyl groups is 2. The fourth-order valence-electron chi connectivity index (χ4n) is 3.29. The zero-order valence-corrected chi connectivity index (χ0v) is 16.7. The number of hydrogen-bond acceptors (Lipinski definition) is 7. The Kier molecular flexibility index (Phi) is 7.58. The second-order valence-electron chi connectivity index (χ2n) is 7.65. The van der Waals surface area contributed by atoms with Gasteiger partial charge in [-0.05, 0) is 24.0 Å². The van der Waals surface area contributed by atoms with E-state index in [9.17, 15) is 29.7 Å². The van der Waals surface area contributed by atoms with Crippen molar-refractivity contribution in [2.75, 3.05) is 6.54 Å². The lowest BCUT2D eigenvalue weighted by Crippen LogP contribution is -2.54. The van der Waals surface area contributed by atoms with Crippen LogP contribution in [0.3, 0.4) is 0 Å². The van der Waals surface area contributed by atoms with Gasteiger partial charge in [0.25, 0.3) is 5.91 Å². The lowest BCUT2D eigenvalue weighted by atomic mass is 9.90. The number of aromatic hydroxyl groups is 1. The average Bonchev–Trinajstić information content (AvgIpc) is 2.64. The number of fused-ring (bicyclic) bond motifs is 1. The SMILES string of the molecule is CC(=O)NC[C@H](O)[C@H](O)C(=O)N[C@@H](CC(C)C)[C@@H]1Cc2cccc(O)c2C(=O)O1. The first-order valence-electron chi connectivity index (χ1n) is 9.53. The smallest absolute Gasteiger partial charge is 0.342 e. The number of cyclic esters (lactones) is 1. The molecule has 1 aromatic rings. The van der Waals surface area contributed by atoms with Gasteiger partial charge in [-0.1, -0.05) is 26.0 Å². The average molecular weight is 408 g/mol. The second-order valence-corrected chi connectivity index (χ2v) is 7.65. The van der Waals surface area contributed by atoms with E-state index in [2.05, 4.69) is 10.6 Å². The molecule has 1 aromatic carbocycles. The first-order chi connectivity index (χ1) is 13.6. The van der Waals surface area contributed by atoms with Crippen LogP contribution < -0.4 is 10.6 Å². The fraction of sp³-hybridized carbons (Fsp3) is 0.550. The summed E-state index contributed by atoms with van der Waals surface area (Å²) in [6, 6.07) is 4.13. The van der Waals surface area contributed by atoms with Crippen LogP contribution in [0.5, 0.6) is 5.75 Å². The molecule has 2 amide bonds. The van der Waals surface area contributed by atoms with Crippen LogP contribution in [0.25, 0.3) is 0 Å². The summed E-state index contributed by atoms with van der Waals surface area (Å²) in [7, 11) is 0. The number of esters is 1. The van der Waals surface area contributed by atoms with E-state index in [4.69, 9.17) is 4.74 Å². The Morgan fingerprint density at radius 2 is 1.97 bits per heavy atom. The van der Waals surface area contributed by atoms with Crippen LogP contribution in [0.15, 0.2) is 18.2 Å². The van der Waals surface area contributed by atoms with Gasteiger partial charge in [0.1, 0.15) is 23.5 Å². The number of amides is 2. The predicted octanol–water partition coefficient (Wildman–Crippen LogP) is -0.138. The van der Waals surface area contributed by atoms with E-state index in [0.717, 1.165) is 0 Å². The number of carbonyl (C=O) groups is 3. The second kappa shape index (κ2) is 9.71. The van der Waals surface area contributed by atoms with Gasteiger partial charge in [0.05, 0.1) is 6.04 Å². The molecule has 0 saturated carbocycles. The molecule has 1 heterocycles. The van der Waals surface area contributed by atoms with Gasteiger partial charge in [-0.15, -0.1) is 0 Å². The third kappa shape index (κ3) is 5.91. The normalized spacial score (nSPS) is 19.0. The summed E-state index contributed by atoms with van der Waals surface area (Å²) in [5.41, 5.74) is 0.727. The highest BCUT2D eigenvalue weighted by Crippen LogP contribution is 2.30. The minimum Gasteiger partial charge on any atom is -0.507 e. The van der Waals surface area contributed by atoms with Gasteiger partial charge in [-0.25, -0.2) is 4.79 Å². The van der Waals surface area contributed by atoms with Crippen LogP contribution in [-0.2, 0) is 20.7 Å². The Morgan fingerprint density at radius 3 is 2.59 bits per heavy atom. The highest BCUT2D eigenvalue weighted by Gasteiger charge is 2.36. The van der Waals surface area contributed by atoms with Crippen molar-refractivity contribution < 1.29 is 34.4 Å². The molecule has 1 aliphatic rings. The molecular weight excluding hydrogens is 380 g/mol. The molecule has 29 heavy (non-hydrogen) atoms. The highest BCUT2D eigenvalue weighted by atomic mass is 16.5. The van der Waals surface area contributed by atoms with Crippen molar-refractivity contribution in [3.8, 4) is 5.75 Å². The molecule has 0 unspecified atom stereocenters. The molecule has 5 N–H and O–H groups in total. The number of nitrogens with one attached hydrogen (secondary N) is 2. The van der Waals surface area contributed by atoms with Crippen LogP contribution in [-0.4, -0.2) is 64.0 Å². The Labute approximate surface area is 169 Å². The van der Waals surface area contributed by atoms with Crippen molar-refractivity contribution in [3.63, 3.8) is 0 Å². The van der Waals surface area contributed by atoms with Gasteiger partial charge < -0.3 is 30.7 Å². The van der Waals surface area contributed by atoms with Gasteiger partial charge in [-0.3, -0.25) is 9.59 Å². The minimum atomic E-state index is -1.76. The Hall–Kier alpha value is -2.65. The summed E-state index contributed by atoms with van der Waals surface area (Å²) in [5.74, 6) is -1.92. The van der Waals surface area contributed by atoms with Gasteiger partial charge in [-0.2, -0.15) is 0 Å². The van der Waals surface area contributed by atoms with Crippen molar-refractivity contribution in [3.05, 3.63) is 29.3 Å². The van der Waals surface area contributed by atoms with E-state index in [1.807, 2.05) is 13.8 Å². The lowest BCUT2D eigenvalue weighted by Gasteiger charge is -2.33. The standard InChI is InChI=1S/C20H28N2O7/c1-10(2)7-13(22-19(27)18(26)15(25)9-21-11(3)23)16-8-12-5-4-6-14(24)17(12)20(28)29-16/h4-6,10,13,15-16,18,24-26H,7-9H2,1-3H3,(H,21,23)(H,22,27)/t13-,15-,16-,18-/m0/s1. The van der Waals surface area contributed by atoms with Crippen LogP contribution in [0.4, 0.5) is 0 Å². The first-order valence-corrected chi connectivity index (χ1v) is 9.53. The summed E-state index contributed by atoms with van der Waals surface area (Å²) in [6.07, 6.45) is -3.18. The molecule has 9 nitrogen and oxygen atoms in total. The van der Waals surface area contributed by atoms with Gasteiger partial charge in [0.15, 0.2) is 6.10 Å². The molecule has 0 fully saturated rings. The third-order valence-corrected chi connectivity index (χ3v) is 4.71. The molecule has 1 aliphatic heterocycles. The van der Waals surface area contributed by atoms with Crippen molar-refractivity contribution in [2.24, 2.45) is 5.92 Å². The topological polar surface area (TPSA) is 145 Å². The molecule has 0 saturated heterocycles. The number of hydrogen-bond donors (Lipinski definition) is 5. The lowest BCUT2D eigenvalue weighted by molar-refractivity contribution is -0.137. The summed E-state index contributed by atoms with van der Waals surface area (Å²) >= 11 is 0. The minimum absolute atomic E-state index is 0.115. The van der Waals surface area contributed by atoms with E-state index in [1.54, 1.807) is 12.1 Å². The summed E-state index contributed by atoms with van der Waals surface area (Å²) < 4.78 is 5.46. The van der Waals surface area contributed by atoms with Crippen molar-refractivity contribution in [1.29, 1.82) is 0 Å². The molecule has 0 aromatic heterocycles. The molecule has 2 rings (SSSR count). The van der Waals surface area contributed by atoms with Crippen LogP contribution in [0, 0.1) is 5.92 Å². The maximum atomic E-state index is 12.4. The maximum absolute atomic E-state index is 12.4. The quantitative estimate of drug-likeness (QED) is 0.377. The number of aliphatic hydroxyl groups excluding tert-OH is 2. The molecule has 9 heteroatoms. The van der Waals surface area contributed by atoms with Crippen molar-refractivity contribution >= 4 is 17.8 Å². The molecule has 0 spiro atoms. The number of ether oxygens (including phenoxy) is 1. The third-order valence-electron chi connectivity index (χ3n) is 4.71. The molecular formula is C20H28N2O7. The Balaban J connectivity index is 2.12. The summed E-state index contributed by atoms with van der Waals surface area (Å²) in [4.78, 5) is 35.7. The summed E-state index contributed by atoms with van der Waals surface area (Å²) in [5, 5.41) is 34.9. The van der Waals surface area contributed by atoms with E-state index in [-0.39, 0.29) is 30.2 Å². The zero-order chi connectivity index (χ0) is 21.7. The number of carbonyl (C=O) groups excluding carboxylic acids is 3. The maximum Gasteiger partial charge on any atom is 0.342 e. The van der Waals surface area contributed by atoms with E-state index < -0.39 is 42.1 Å². The predicted molar refractivity (Wildman–Crippen MR) is 103 cm³/mol. The monoisotopic (exact) mass is 408 g/mol.